The molecular weight excluding hydrogens is 1890 g/mol. The van der Waals surface area contributed by atoms with E-state index >= 15 is 9.59 Å². The number of fused-ring (bicyclic) bond motifs is 6. The van der Waals surface area contributed by atoms with Gasteiger partial charge in [0.1, 0.15) is 29.1 Å². The summed E-state index contributed by atoms with van der Waals surface area (Å²) < 4.78 is 12.5. The Hall–Kier alpha value is -14.3. The van der Waals surface area contributed by atoms with Crippen LogP contribution >= 0.6 is 11.8 Å². The molecule has 1 saturated carbocycles. The molecule has 14 rings (SSSR count). The van der Waals surface area contributed by atoms with Crippen LogP contribution in [0, 0.1) is 34.5 Å². The number of rotatable bonds is 44. The summed E-state index contributed by atoms with van der Waals surface area (Å²) in [5.41, 5.74) is 12.7. The first-order chi connectivity index (χ1) is 68.4. The molecule has 4 aromatic carbocycles. The van der Waals surface area contributed by atoms with Crippen molar-refractivity contribution in [3.05, 3.63) is 158 Å². The van der Waals surface area contributed by atoms with Gasteiger partial charge in [0.05, 0.1) is 110 Å². The van der Waals surface area contributed by atoms with E-state index in [-0.39, 0.29) is 78.8 Å². The van der Waals surface area contributed by atoms with Gasteiger partial charge in [-0.2, -0.15) is 10.1 Å². The Labute approximate surface area is 829 Å². The molecule has 44 nitrogen and oxygen atoms in total. The van der Waals surface area contributed by atoms with Gasteiger partial charge in [-0.3, -0.25) is 92.1 Å². The summed E-state index contributed by atoms with van der Waals surface area (Å²) in [7, 11) is 4.70. The maximum absolute atomic E-state index is 15.8. The van der Waals surface area contributed by atoms with Gasteiger partial charge in [-0.15, -0.1) is 11.8 Å². The first-order valence-electron chi connectivity index (χ1n) is 47.5. The Kier molecular flexibility index (Phi) is 31.9. The van der Waals surface area contributed by atoms with Crippen molar-refractivity contribution in [1.82, 2.24) is 56.4 Å². The van der Waals surface area contributed by atoms with Gasteiger partial charge in [-0.25, -0.2) is 25.1 Å². The van der Waals surface area contributed by atoms with E-state index in [4.69, 9.17) is 26.4 Å². The number of carboxylic acid groups (broad SMARTS) is 5. The minimum absolute atomic E-state index is 0.0142. The van der Waals surface area contributed by atoms with Gasteiger partial charge in [0, 0.05) is 123 Å². The number of carbonyl (C=O) groups excluding carboxylic acids is 10. The smallest absolute Gasteiger partial charge is 0.326 e. The molecule has 8 heterocycles. The number of anilines is 4. The fourth-order valence-electron chi connectivity index (χ4n) is 22.7. The van der Waals surface area contributed by atoms with Crippen molar-refractivity contribution in [2.75, 3.05) is 87.1 Å². The van der Waals surface area contributed by atoms with Crippen molar-refractivity contribution in [1.29, 1.82) is 5.41 Å². The van der Waals surface area contributed by atoms with Crippen molar-refractivity contribution in [3.63, 3.8) is 0 Å². The summed E-state index contributed by atoms with van der Waals surface area (Å²) in [6.45, 7) is 8.13. The number of esters is 1. The number of likely N-dealkylation sites (N-methyl/N-ethyl adjacent to an activating group) is 1. The van der Waals surface area contributed by atoms with Gasteiger partial charge in [0.25, 0.3) is 17.4 Å². The molecule has 3 saturated heterocycles. The molecule has 8 aliphatic rings. The molecule has 17 atom stereocenters. The van der Waals surface area contributed by atoms with Gasteiger partial charge >= 0.3 is 35.8 Å². The van der Waals surface area contributed by atoms with Crippen LogP contribution in [0.15, 0.2) is 119 Å². The number of methoxy groups -OCH3 is 2. The number of aromatic nitrogens is 4. The Morgan fingerprint density at radius 1 is 0.750 bits per heavy atom. The average molecular weight is 2010 g/mol. The molecule has 2 bridgehead atoms. The predicted octanol–water partition coefficient (Wildman–Crippen LogP) is 2.83. The number of hydrazone groups is 1. The fraction of sp³-hybridized carbons (Fsp3) is 0.485. The number of aliphatic hydroxyl groups excluding tert-OH is 1. The minimum atomic E-state index is -2.64. The van der Waals surface area contributed by atoms with E-state index < -0.39 is 250 Å². The lowest BCUT2D eigenvalue weighted by Crippen LogP contribution is -2.81. The topological polar surface area (TPSA) is 681 Å². The molecular formula is C99H118N18O26S. The van der Waals surface area contributed by atoms with Gasteiger partial charge in [-0.1, -0.05) is 62.4 Å². The Bertz CT molecular complexity index is 6300. The molecule has 20 N–H and O–H groups in total. The third-order valence-corrected chi connectivity index (χ3v) is 30.9. The molecule has 0 radical (unpaired) electrons. The van der Waals surface area contributed by atoms with Crippen LogP contribution in [0.3, 0.4) is 0 Å². The third kappa shape index (κ3) is 21.4. The molecule has 45 heteroatoms. The maximum atomic E-state index is 15.8. The number of amides is 6. The molecule has 6 aliphatic heterocycles. The predicted molar refractivity (Wildman–Crippen MR) is 521 cm³/mol. The summed E-state index contributed by atoms with van der Waals surface area (Å²) in [6.07, 6.45) is -2.21. The normalized spacial score (nSPS) is 24.7. The number of ketones is 3. The number of hydrogen-bond donors (Lipinski definition) is 18. The van der Waals surface area contributed by atoms with Crippen LogP contribution in [0.2, 0.25) is 0 Å². The number of carboxylic acids is 5. The van der Waals surface area contributed by atoms with E-state index in [1.807, 2.05) is 55.2 Å². The number of imide groups is 1. The number of nitrogens with one attached hydrogen (secondary N) is 8. The van der Waals surface area contributed by atoms with E-state index in [2.05, 4.69) is 79.0 Å². The van der Waals surface area contributed by atoms with Crippen LogP contribution in [-0.2, 0) is 95.7 Å². The molecule has 144 heavy (non-hydrogen) atoms. The maximum Gasteiger partial charge on any atom is 0.326 e. The highest BCUT2D eigenvalue weighted by Gasteiger charge is 2.79. The third-order valence-electron chi connectivity index (χ3n) is 29.5. The van der Waals surface area contributed by atoms with Gasteiger partial charge in [0.2, 0.25) is 29.6 Å². The van der Waals surface area contributed by atoms with Crippen LogP contribution in [0.4, 0.5) is 23.0 Å². The highest BCUT2D eigenvalue weighted by Crippen LogP contribution is 2.68. The number of nitrogen functional groups attached to an aromatic ring is 1. The lowest BCUT2D eigenvalue weighted by Gasteiger charge is -2.63. The Balaban J connectivity index is 0.613. The number of carbonyl (C=O) groups is 15. The number of Topliss-reactive ketones (excluding diaryl/α,β-unsaturated/α-hetero) is 3. The number of hydrogen-bond acceptors (Lipinski definition) is 32. The average Bonchev–Trinajstić information content (AvgIpc) is 1.47. The first kappa shape index (κ1) is 106. The van der Waals surface area contributed by atoms with Crippen molar-refractivity contribution in [2.45, 2.75) is 206 Å². The molecule has 1 spiro atoms. The van der Waals surface area contributed by atoms with E-state index in [0.717, 1.165) is 32.7 Å². The summed E-state index contributed by atoms with van der Waals surface area (Å²) in [5.74, 6) is -24.5. The monoisotopic (exact) mass is 2010 g/mol. The number of aliphatic hydroxyl groups is 3. The number of guanidine groups is 1. The second-order valence-corrected chi connectivity index (χ2v) is 39.6. The zero-order valence-electron chi connectivity index (χ0n) is 80.1. The summed E-state index contributed by atoms with van der Waals surface area (Å²) in [6, 6.07) is 16.4. The largest absolute Gasteiger partial charge is 0.496 e. The summed E-state index contributed by atoms with van der Waals surface area (Å²) in [5, 5.41) is 113. The Morgan fingerprint density at radius 2 is 1.42 bits per heavy atom. The van der Waals surface area contributed by atoms with Crippen LogP contribution in [0.1, 0.15) is 174 Å². The van der Waals surface area contributed by atoms with Gasteiger partial charge in [-0.05, 0) is 159 Å². The number of benzene rings is 4. The number of nitrogens with two attached hydrogens (primary N) is 2. The van der Waals surface area contributed by atoms with E-state index in [1.54, 1.807) is 21.1 Å². The van der Waals surface area contributed by atoms with Crippen molar-refractivity contribution < 1.29 is 122 Å². The molecule has 4 fully saturated rings. The van der Waals surface area contributed by atoms with E-state index in [0.29, 0.717) is 111 Å². The minimum Gasteiger partial charge on any atom is -0.496 e. The number of piperidine rings is 1. The van der Waals surface area contributed by atoms with Crippen LogP contribution in [0.25, 0.3) is 16.7 Å². The standard InChI is InChI=1S/C99H118N18O26S/c1-7-95(140)43-51-44-98(92(139)143-6,64-34-54-13-9-10-14-62(54)63(64)26-31-115(47-51)49-95)66-39-65-70(41-73(66)142-5)114(4)89-97(65)28-32-116-30-12-27-96(8-2,88(97)116)90(137)99(89,141)91(138)113-112-50(3)52-18-22-60(23-19-52)117-75(121)42-74(85(117)132)144-48-57(86(133)134)36-72(120)69(40-78(126)127)109-83(130)56(38-77(124)125)35-71(119)67(15-11-29-103-93(100)101)107-82(129)55(37-76(122)123)33-61(118)24-25-68(87(135)136)108-81(128)53-16-20-58(21-17-53)104-45-59-46-105-80-79(106-59)84(131)111-94(102)110-80/h9-10,12-14,16-23,27,39,41,46,51,55-57,67-69,74,88-90,104,137,140-141H,7-8,11,15,24-26,28-38,40,42-45,47-49H2,1-6H3,(H,107,129)(H,108,128)(H,109,130)(H,113,138)(H,122,123)(H,124,125)(H,126,127)(H,133,134)(H,135,136)(H4,100,101,103)(H3,102,105,110,111,131)/b112-50+/t51-,55+,56+,57+,67+,68+,69+,74?,88+,89-,90-,95+,96-,97-,98-,99+/m1/s1. The lowest BCUT2D eigenvalue weighted by molar-refractivity contribution is -0.203. The number of thioether (sulfide) groups is 1. The number of aromatic amines is 1. The van der Waals surface area contributed by atoms with Crippen molar-refractivity contribution >= 4 is 152 Å². The number of ether oxygens (including phenoxy) is 2. The van der Waals surface area contributed by atoms with Crippen molar-refractivity contribution in [3.8, 4) is 5.75 Å². The molecule has 2 unspecified atom stereocenters. The van der Waals surface area contributed by atoms with Crippen LogP contribution in [0.5, 0.6) is 5.75 Å². The quantitative estimate of drug-likeness (QED) is 0.00497. The zero-order valence-corrected chi connectivity index (χ0v) is 80.9. The SMILES string of the molecule is CC[C@]1(O)C[C@H]2CN(CCC3=C(Cc4ccccc43)[C@@](C(=O)OC)(c3cc4c(cc3OC)N(C)[C@H]3[C@@](O)(C(=O)N/N=C(\C)c5ccc(N6C(=O)CC(SC[C@H](CC(=O)[C@H](CC(=O)O)NC(=O)[C@H](CC(=O)O)CC(=O)[C@H](CCCNC(=N)N)NC(=O)[C@H](CC(=O)O)CC(=O)CC[C@H](NC(=O)c7ccc(NCc8cnc9nc(N)[nH]c(=O)c9n8)cc7)C(=O)O)C(=O)O)C6=O)cc5)[C@H](O)[C@]5(CC)C=CCN6CC[C@]43[C@@H]65)C2)C1. The fourth-order valence-corrected chi connectivity index (χ4v) is 23.9. The van der Waals surface area contributed by atoms with Gasteiger partial charge in [0.15, 0.2) is 34.3 Å². The summed E-state index contributed by atoms with van der Waals surface area (Å²) >= 11 is 0.686. The summed E-state index contributed by atoms with van der Waals surface area (Å²) in [4.78, 5) is 240. The number of H-pyrrole nitrogens is 1. The highest BCUT2D eigenvalue weighted by atomic mass is 32.2. The van der Waals surface area contributed by atoms with E-state index in [9.17, 15) is 108 Å². The molecule has 2 aromatic heterocycles. The molecule has 6 aromatic rings. The lowest BCUT2D eigenvalue weighted by atomic mass is 9.47. The van der Waals surface area contributed by atoms with Crippen LogP contribution < -0.4 is 63.6 Å². The molecule has 766 valence electrons. The number of nitrogens with zero attached hydrogens (tertiary/aromatic N) is 8. The number of aliphatic carboxylic acids is 5. The second-order valence-electron chi connectivity index (χ2n) is 38.4. The first-order valence-corrected chi connectivity index (χ1v) is 48.6. The van der Waals surface area contributed by atoms with Crippen LogP contribution in [-0.4, -0.2) is 290 Å². The molecule has 2 aliphatic carbocycles. The Morgan fingerprint density at radius 3 is 2.08 bits per heavy atom. The van der Waals surface area contributed by atoms with Crippen molar-refractivity contribution in [2.24, 2.45) is 39.9 Å². The van der Waals surface area contributed by atoms with E-state index in [1.165, 1.54) is 61.8 Å². The second kappa shape index (κ2) is 43.5. The zero-order chi connectivity index (χ0) is 104. The highest BCUT2D eigenvalue weighted by molar-refractivity contribution is 8.00. The molecule has 6 amide bonds. The van der Waals surface area contributed by atoms with Gasteiger partial charge < -0.3 is 93.3 Å².